The van der Waals surface area contributed by atoms with E-state index < -0.39 is 17.2 Å². The van der Waals surface area contributed by atoms with Gasteiger partial charge in [0, 0.05) is 45.2 Å². The molecule has 3 fully saturated rings. The number of ether oxygens (including phenoxy) is 1. The highest BCUT2D eigenvalue weighted by atomic mass is 35.5. The van der Waals surface area contributed by atoms with Crippen molar-refractivity contribution in [1.82, 2.24) is 20.4 Å². The third-order valence-corrected chi connectivity index (χ3v) is 10.4. The normalized spacial score (nSPS) is 21.1. The van der Waals surface area contributed by atoms with Crippen LogP contribution in [0.3, 0.4) is 0 Å². The summed E-state index contributed by atoms with van der Waals surface area (Å²) in [5.74, 6) is 1.50. The van der Waals surface area contributed by atoms with Crippen molar-refractivity contribution in [3.63, 3.8) is 0 Å². The van der Waals surface area contributed by atoms with Crippen LogP contribution >= 0.6 is 12.4 Å². The molecule has 0 radical (unpaired) electrons. The highest BCUT2D eigenvalue weighted by Gasteiger charge is 2.54. The summed E-state index contributed by atoms with van der Waals surface area (Å²) in [6, 6.07) is 14.4. The number of nitrogens with zero attached hydrogens (tertiary/aromatic N) is 2. The first-order chi connectivity index (χ1) is 21.7. The van der Waals surface area contributed by atoms with E-state index in [1.807, 2.05) is 17.0 Å². The molecule has 3 N–H and O–H groups in total. The van der Waals surface area contributed by atoms with E-state index in [2.05, 4.69) is 41.5 Å². The molecule has 1 aliphatic carbocycles. The fraction of sp³-hybridized carbons (Fsp3) is 0.583. The van der Waals surface area contributed by atoms with Crippen LogP contribution in [0.1, 0.15) is 94.0 Å². The quantitative estimate of drug-likeness (QED) is 0.298. The van der Waals surface area contributed by atoms with E-state index in [4.69, 9.17) is 4.74 Å². The number of amides is 3. The van der Waals surface area contributed by atoms with Crippen molar-refractivity contribution in [3.8, 4) is 11.5 Å². The molecule has 0 unspecified atom stereocenters. The summed E-state index contributed by atoms with van der Waals surface area (Å²) in [4.78, 5) is 44.1. The number of halogens is 1. The Morgan fingerprint density at radius 2 is 1.54 bits per heavy atom. The molecule has 252 valence electrons. The molecule has 1 spiro atoms. The molecule has 2 saturated heterocycles. The minimum Gasteiger partial charge on any atom is -0.457 e. The first kappa shape index (κ1) is 35.7. The van der Waals surface area contributed by atoms with E-state index in [1.54, 1.807) is 31.3 Å². The summed E-state index contributed by atoms with van der Waals surface area (Å²) in [5.41, 5.74) is 0.00719. The van der Waals surface area contributed by atoms with E-state index in [0.29, 0.717) is 74.7 Å². The zero-order valence-corrected chi connectivity index (χ0v) is 28.4. The summed E-state index contributed by atoms with van der Waals surface area (Å²) >= 11 is 0. The van der Waals surface area contributed by atoms with Crippen LogP contribution in [0.2, 0.25) is 0 Å². The number of aliphatic hydroxyl groups is 1. The van der Waals surface area contributed by atoms with Crippen LogP contribution < -0.4 is 15.4 Å². The molecular formula is C36H51ClN4O5. The van der Waals surface area contributed by atoms with E-state index >= 15 is 0 Å². The Balaban J connectivity index is 0.00000480. The Labute approximate surface area is 279 Å². The van der Waals surface area contributed by atoms with Crippen molar-refractivity contribution in [3.05, 3.63) is 59.7 Å². The predicted octanol–water partition coefficient (Wildman–Crippen LogP) is 5.44. The van der Waals surface area contributed by atoms with E-state index in [-0.39, 0.29) is 30.1 Å². The fourth-order valence-corrected chi connectivity index (χ4v) is 7.33. The van der Waals surface area contributed by atoms with Gasteiger partial charge in [-0.1, -0.05) is 58.1 Å². The fourth-order valence-electron chi connectivity index (χ4n) is 7.33. The average Bonchev–Trinajstić information content (AvgIpc) is 3.06. The number of carbonyl (C=O) groups is 3. The van der Waals surface area contributed by atoms with Crippen molar-refractivity contribution < 1.29 is 24.2 Å². The van der Waals surface area contributed by atoms with Gasteiger partial charge in [-0.05, 0) is 73.6 Å². The van der Waals surface area contributed by atoms with Crippen LogP contribution in [-0.2, 0) is 16.1 Å². The van der Waals surface area contributed by atoms with Crippen LogP contribution in [0.4, 0.5) is 0 Å². The average molecular weight is 655 g/mol. The highest BCUT2D eigenvalue weighted by molar-refractivity contribution is 6.00. The third kappa shape index (κ3) is 8.04. The van der Waals surface area contributed by atoms with Crippen LogP contribution in [0.25, 0.3) is 0 Å². The van der Waals surface area contributed by atoms with Gasteiger partial charge < -0.3 is 25.4 Å². The van der Waals surface area contributed by atoms with Crippen molar-refractivity contribution >= 4 is 30.1 Å². The number of nitrogens with one attached hydrogen (secondary N) is 2. The molecule has 9 nitrogen and oxygen atoms in total. The molecule has 3 aliphatic rings. The topological polar surface area (TPSA) is 111 Å². The number of piperidine rings is 1. The predicted molar refractivity (Wildman–Crippen MR) is 181 cm³/mol. The summed E-state index contributed by atoms with van der Waals surface area (Å²) < 4.78 is 5.97. The van der Waals surface area contributed by atoms with Crippen LogP contribution in [0, 0.1) is 5.92 Å². The Hall–Kier alpha value is -3.14. The molecule has 1 atom stereocenters. The lowest BCUT2D eigenvalue weighted by Crippen LogP contribution is -2.73. The monoisotopic (exact) mass is 654 g/mol. The zero-order valence-electron chi connectivity index (χ0n) is 27.6. The number of benzene rings is 2. The molecule has 1 saturated carbocycles. The van der Waals surface area contributed by atoms with Crippen LogP contribution in [0.5, 0.6) is 11.5 Å². The first-order valence-electron chi connectivity index (χ1n) is 16.8. The van der Waals surface area contributed by atoms with Gasteiger partial charge in [-0.15, -0.1) is 12.4 Å². The molecule has 2 aromatic carbocycles. The summed E-state index contributed by atoms with van der Waals surface area (Å²) in [5, 5.41) is 17.0. The van der Waals surface area contributed by atoms with Gasteiger partial charge in [0.05, 0.1) is 5.60 Å². The first-order valence-corrected chi connectivity index (χ1v) is 16.8. The van der Waals surface area contributed by atoms with Gasteiger partial charge in [0.2, 0.25) is 11.8 Å². The Bertz CT molecular complexity index is 1320. The zero-order chi connectivity index (χ0) is 32.0. The molecule has 0 bridgehead atoms. The molecule has 46 heavy (non-hydrogen) atoms. The third-order valence-electron chi connectivity index (χ3n) is 10.4. The van der Waals surface area contributed by atoms with Crippen molar-refractivity contribution in [2.24, 2.45) is 5.92 Å². The number of hydrogen-bond donors (Lipinski definition) is 3. The lowest BCUT2D eigenvalue weighted by molar-refractivity contribution is -0.164. The number of rotatable bonds is 11. The second-order valence-corrected chi connectivity index (χ2v) is 13.3. The van der Waals surface area contributed by atoms with E-state index in [0.717, 1.165) is 44.2 Å². The minimum atomic E-state index is -0.877. The van der Waals surface area contributed by atoms with Crippen molar-refractivity contribution in [2.75, 3.05) is 26.7 Å². The lowest BCUT2D eigenvalue weighted by Gasteiger charge is -2.53. The number of piperazine rings is 1. The highest BCUT2D eigenvalue weighted by Crippen LogP contribution is 2.38. The Morgan fingerprint density at radius 1 is 0.957 bits per heavy atom. The van der Waals surface area contributed by atoms with Crippen molar-refractivity contribution in [2.45, 2.75) is 102 Å². The van der Waals surface area contributed by atoms with Gasteiger partial charge in [0.25, 0.3) is 5.91 Å². The molecule has 3 amide bonds. The van der Waals surface area contributed by atoms with Crippen LogP contribution in [-0.4, -0.2) is 76.5 Å². The molecule has 0 aromatic heterocycles. The number of carbonyl (C=O) groups excluding carboxylic acids is 3. The second-order valence-electron chi connectivity index (χ2n) is 13.3. The summed E-state index contributed by atoms with van der Waals surface area (Å²) in [7, 11) is 1.60. The van der Waals surface area contributed by atoms with Gasteiger partial charge in [-0.25, -0.2) is 0 Å². The molecule has 5 rings (SSSR count). The van der Waals surface area contributed by atoms with Gasteiger partial charge >= 0.3 is 0 Å². The number of hydrogen-bond acceptors (Lipinski definition) is 6. The largest absolute Gasteiger partial charge is 0.457 e. The maximum atomic E-state index is 14.1. The lowest BCUT2D eigenvalue weighted by atomic mass is 9.77. The van der Waals surface area contributed by atoms with Gasteiger partial charge in [-0.2, -0.15) is 0 Å². The standard InChI is InChI=1S/C36H50N4O5.ClH/c1-4-26(5-2)25-40-33(42)31(23-35(44)17-7-6-8-18-35)38-34(43)36(40)19-21-39(22-20-36)24-27-9-13-29(14-10-27)45-30-15-11-28(12-16-30)32(41)37-3;/h9-16,26,31,44H,4-8,17-25H2,1-3H3,(H,37,41)(H,38,43);1H/t31-;/m1./s1. The number of likely N-dealkylation sites (tertiary alicyclic amines) is 1. The maximum absolute atomic E-state index is 14.1. The molecule has 2 heterocycles. The smallest absolute Gasteiger partial charge is 0.251 e. The SMILES string of the molecule is CCC(CC)CN1C(=O)[C@@H](CC2(O)CCCCC2)NC(=O)C12CCN(Cc1ccc(Oc3ccc(C(=O)NC)cc3)cc1)CC2.Cl. The van der Waals surface area contributed by atoms with E-state index in [1.165, 1.54) is 0 Å². The van der Waals surface area contributed by atoms with Gasteiger partial charge in [0.1, 0.15) is 23.1 Å². The molecule has 10 heteroatoms. The summed E-state index contributed by atoms with van der Waals surface area (Å²) in [6.07, 6.45) is 7.83. The van der Waals surface area contributed by atoms with Crippen molar-refractivity contribution in [1.29, 1.82) is 0 Å². The Morgan fingerprint density at radius 3 is 2.11 bits per heavy atom. The molecule has 2 aliphatic heterocycles. The van der Waals surface area contributed by atoms with Gasteiger partial charge in [0.15, 0.2) is 0 Å². The van der Waals surface area contributed by atoms with E-state index in [9.17, 15) is 19.5 Å². The summed E-state index contributed by atoms with van der Waals surface area (Å²) in [6.45, 7) is 7.06. The Kier molecular flexibility index (Phi) is 12.1. The maximum Gasteiger partial charge on any atom is 0.251 e. The molecule has 2 aromatic rings. The minimum absolute atomic E-state index is 0. The second kappa shape index (κ2) is 15.6. The van der Waals surface area contributed by atoms with Crippen LogP contribution in [0.15, 0.2) is 48.5 Å². The molecular weight excluding hydrogens is 604 g/mol. The van der Waals surface area contributed by atoms with Gasteiger partial charge in [-0.3, -0.25) is 19.3 Å².